The Bertz CT molecular complexity index is 777. The van der Waals surface area contributed by atoms with E-state index in [4.69, 9.17) is 16.3 Å². The van der Waals surface area contributed by atoms with Crippen molar-refractivity contribution in [2.45, 2.75) is 26.7 Å². The third-order valence-corrected chi connectivity index (χ3v) is 4.64. The highest BCUT2D eigenvalue weighted by Crippen LogP contribution is 2.37. The highest BCUT2D eigenvalue weighted by atomic mass is 35.5. The normalized spacial score (nSPS) is 13.7. The van der Waals surface area contributed by atoms with Crippen LogP contribution in [0.1, 0.15) is 23.2 Å². The van der Waals surface area contributed by atoms with E-state index in [1.807, 2.05) is 13.0 Å². The number of aromatic nitrogens is 1. The highest BCUT2D eigenvalue weighted by Gasteiger charge is 2.20. The van der Waals surface area contributed by atoms with Crippen LogP contribution in [0.25, 0.3) is 11.1 Å². The van der Waals surface area contributed by atoms with Crippen LogP contribution in [0.5, 0.6) is 5.75 Å². The van der Waals surface area contributed by atoms with Gasteiger partial charge in [-0.05, 0) is 43.9 Å². The summed E-state index contributed by atoms with van der Waals surface area (Å²) in [6.45, 7) is 4.62. The monoisotopic (exact) mass is 303 g/mol. The Morgan fingerprint density at radius 3 is 2.76 bits per heavy atom. The second-order valence-corrected chi connectivity index (χ2v) is 5.95. The van der Waals surface area contributed by atoms with E-state index in [1.165, 1.54) is 11.1 Å². The molecule has 0 atom stereocenters. The lowest BCUT2D eigenvalue weighted by Crippen LogP contribution is -2.21. The molecule has 0 N–H and O–H groups in total. The van der Waals surface area contributed by atoms with Gasteiger partial charge >= 0.3 is 0 Å². The minimum Gasteiger partial charge on any atom is -0.493 e. The molecule has 1 aromatic carbocycles. The number of aryl methyl sites for hydroxylation is 1. The largest absolute Gasteiger partial charge is 0.493 e. The van der Waals surface area contributed by atoms with Gasteiger partial charge in [0, 0.05) is 18.3 Å². The molecule has 0 unspecified atom stereocenters. The number of hydrogen-bond donors (Lipinski definition) is 0. The van der Waals surface area contributed by atoms with E-state index in [9.17, 15) is 4.79 Å². The average Bonchev–Trinajstić information content (AvgIpc) is 2.50. The summed E-state index contributed by atoms with van der Waals surface area (Å²) < 4.78 is 7.45. The highest BCUT2D eigenvalue weighted by molar-refractivity contribution is 6.31. The first kappa shape index (κ1) is 14.2. The van der Waals surface area contributed by atoms with Gasteiger partial charge in [0.05, 0.1) is 17.2 Å². The smallest absolute Gasteiger partial charge is 0.258 e. The Morgan fingerprint density at radius 1 is 1.24 bits per heavy atom. The van der Waals surface area contributed by atoms with E-state index in [0.717, 1.165) is 29.8 Å². The van der Waals surface area contributed by atoms with Crippen molar-refractivity contribution in [3.05, 3.63) is 50.4 Å². The van der Waals surface area contributed by atoms with Crippen molar-refractivity contribution in [2.75, 3.05) is 6.61 Å². The van der Waals surface area contributed by atoms with Crippen molar-refractivity contribution in [2.24, 2.45) is 7.05 Å². The van der Waals surface area contributed by atoms with Crippen LogP contribution in [-0.2, 0) is 13.5 Å². The van der Waals surface area contributed by atoms with Gasteiger partial charge in [-0.2, -0.15) is 0 Å². The molecule has 1 aliphatic rings. The number of halogens is 1. The molecule has 110 valence electrons. The maximum atomic E-state index is 12.6. The standard InChI is InChI=1S/C17H18ClNO2/c1-10-6-7-13(16-12(10)5-4-8-21-16)14-9-15(18)11(2)19(3)17(14)20/h6-7,9H,4-5,8H2,1-3H3. The number of nitrogens with zero attached hydrogens (tertiary/aromatic N) is 1. The zero-order valence-corrected chi connectivity index (χ0v) is 13.3. The zero-order valence-electron chi connectivity index (χ0n) is 12.5. The number of hydrogen-bond acceptors (Lipinski definition) is 2. The van der Waals surface area contributed by atoms with E-state index in [2.05, 4.69) is 13.0 Å². The third-order valence-electron chi connectivity index (χ3n) is 4.26. The summed E-state index contributed by atoms with van der Waals surface area (Å²) in [5.74, 6) is 0.846. The molecule has 2 aromatic rings. The summed E-state index contributed by atoms with van der Waals surface area (Å²) in [6, 6.07) is 5.76. The summed E-state index contributed by atoms with van der Waals surface area (Å²) in [5, 5.41) is 0.595. The van der Waals surface area contributed by atoms with Gasteiger partial charge in [0.25, 0.3) is 5.56 Å². The summed E-state index contributed by atoms with van der Waals surface area (Å²) in [4.78, 5) is 12.6. The lowest BCUT2D eigenvalue weighted by Gasteiger charge is -2.22. The van der Waals surface area contributed by atoms with Crippen molar-refractivity contribution < 1.29 is 4.74 Å². The molecule has 0 bridgehead atoms. The van der Waals surface area contributed by atoms with E-state index in [0.29, 0.717) is 17.2 Å². The van der Waals surface area contributed by atoms with Crippen LogP contribution < -0.4 is 10.3 Å². The molecule has 0 saturated heterocycles. The number of rotatable bonds is 1. The number of benzene rings is 1. The van der Waals surface area contributed by atoms with Gasteiger partial charge in [-0.3, -0.25) is 4.79 Å². The Morgan fingerprint density at radius 2 is 2.00 bits per heavy atom. The number of pyridine rings is 1. The molecule has 0 radical (unpaired) electrons. The lowest BCUT2D eigenvalue weighted by molar-refractivity contribution is 0.289. The summed E-state index contributed by atoms with van der Waals surface area (Å²) in [7, 11) is 1.74. The maximum Gasteiger partial charge on any atom is 0.258 e. The van der Waals surface area contributed by atoms with Gasteiger partial charge < -0.3 is 9.30 Å². The minimum atomic E-state index is -0.0443. The first-order valence-corrected chi connectivity index (χ1v) is 7.50. The van der Waals surface area contributed by atoms with Crippen LogP contribution in [0.4, 0.5) is 0 Å². The van der Waals surface area contributed by atoms with Gasteiger partial charge in [-0.15, -0.1) is 0 Å². The second-order valence-electron chi connectivity index (χ2n) is 5.55. The first-order chi connectivity index (χ1) is 10.0. The molecular formula is C17H18ClNO2. The molecule has 0 amide bonds. The van der Waals surface area contributed by atoms with Crippen LogP contribution in [0.15, 0.2) is 23.0 Å². The quantitative estimate of drug-likeness (QED) is 0.805. The van der Waals surface area contributed by atoms with E-state index in [1.54, 1.807) is 17.7 Å². The summed E-state index contributed by atoms with van der Waals surface area (Å²) in [5.41, 5.74) is 4.59. The fourth-order valence-electron chi connectivity index (χ4n) is 2.82. The van der Waals surface area contributed by atoms with Crippen molar-refractivity contribution in [1.29, 1.82) is 0 Å². The van der Waals surface area contributed by atoms with Gasteiger partial charge in [0.15, 0.2) is 0 Å². The van der Waals surface area contributed by atoms with Gasteiger partial charge in [0.2, 0.25) is 0 Å². The molecule has 21 heavy (non-hydrogen) atoms. The Labute approximate surface area is 129 Å². The molecule has 3 rings (SSSR count). The molecule has 0 saturated carbocycles. The Balaban J connectivity index is 2.30. The molecule has 1 aliphatic heterocycles. The average molecular weight is 304 g/mol. The number of fused-ring (bicyclic) bond motifs is 1. The minimum absolute atomic E-state index is 0.0443. The van der Waals surface area contributed by atoms with Crippen LogP contribution in [0, 0.1) is 13.8 Å². The fraction of sp³-hybridized carbons (Fsp3) is 0.353. The zero-order chi connectivity index (χ0) is 15.1. The van der Waals surface area contributed by atoms with Crippen molar-refractivity contribution in [3.63, 3.8) is 0 Å². The summed E-state index contributed by atoms with van der Waals surface area (Å²) in [6.07, 6.45) is 2.01. The SMILES string of the molecule is Cc1ccc(-c2cc(Cl)c(C)n(C)c2=O)c2c1CCCO2. The molecule has 3 nitrogen and oxygen atoms in total. The van der Waals surface area contributed by atoms with Gasteiger partial charge in [0.1, 0.15) is 5.75 Å². The Kier molecular flexibility index (Phi) is 3.54. The van der Waals surface area contributed by atoms with Gasteiger partial charge in [-0.25, -0.2) is 0 Å². The fourth-order valence-corrected chi connectivity index (χ4v) is 3.05. The van der Waals surface area contributed by atoms with Crippen molar-refractivity contribution in [1.82, 2.24) is 4.57 Å². The molecular weight excluding hydrogens is 286 g/mol. The maximum absolute atomic E-state index is 12.6. The molecule has 0 fully saturated rings. The topological polar surface area (TPSA) is 31.2 Å². The Hall–Kier alpha value is -1.74. The predicted octanol–water partition coefficient (Wildman–Crippen LogP) is 3.65. The summed E-state index contributed by atoms with van der Waals surface area (Å²) >= 11 is 6.25. The molecule has 2 heterocycles. The van der Waals surface area contributed by atoms with Gasteiger partial charge in [-0.1, -0.05) is 23.7 Å². The van der Waals surface area contributed by atoms with E-state index in [-0.39, 0.29) is 5.56 Å². The molecule has 0 aliphatic carbocycles. The van der Waals surface area contributed by atoms with Crippen LogP contribution in [-0.4, -0.2) is 11.2 Å². The third kappa shape index (κ3) is 2.26. The van der Waals surface area contributed by atoms with Crippen molar-refractivity contribution >= 4 is 11.6 Å². The van der Waals surface area contributed by atoms with Crippen molar-refractivity contribution in [3.8, 4) is 16.9 Å². The molecule has 1 aromatic heterocycles. The first-order valence-electron chi connectivity index (χ1n) is 7.12. The van der Waals surface area contributed by atoms with E-state index < -0.39 is 0 Å². The number of ether oxygens (including phenoxy) is 1. The second kappa shape index (κ2) is 5.23. The van der Waals surface area contributed by atoms with E-state index >= 15 is 0 Å². The molecule has 4 heteroatoms. The lowest BCUT2D eigenvalue weighted by atomic mass is 9.94. The van der Waals surface area contributed by atoms with Crippen LogP contribution in [0.2, 0.25) is 5.02 Å². The predicted molar refractivity (Wildman–Crippen MR) is 85.4 cm³/mol. The van der Waals surface area contributed by atoms with Crippen LogP contribution in [0.3, 0.4) is 0 Å². The van der Waals surface area contributed by atoms with Crippen LogP contribution >= 0.6 is 11.6 Å². The molecule has 0 spiro atoms.